The van der Waals surface area contributed by atoms with Gasteiger partial charge in [0.2, 0.25) is 15.9 Å². The van der Waals surface area contributed by atoms with E-state index in [0.717, 1.165) is 23.9 Å². The van der Waals surface area contributed by atoms with Gasteiger partial charge < -0.3 is 4.90 Å². The molecule has 1 saturated heterocycles. The van der Waals surface area contributed by atoms with Gasteiger partial charge in [-0.2, -0.15) is 4.31 Å². The molecule has 5 rings (SSSR count). The fraction of sp³-hybridized carbons (Fsp3) is 0.360. The van der Waals surface area contributed by atoms with E-state index in [9.17, 15) is 13.2 Å². The van der Waals surface area contributed by atoms with Gasteiger partial charge in [0.05, 0.1) is 12.1 Å². The molecule has 0 bridgehead atoms. The number of hydrogen-bond acceptors (Lipinski definition) is 5. The van der Waals surface area contributed by atoms with Crippen LogP contribution in [0.1, 0.15) is 16.7 Å². The average molecular weight is 465 g/mol. The van der Waals surface area contributed by atoms with Crippen LogP contribution in [-0.4, -0.2) is 72.7 Å². The van der Waals surface area contributed by atoms with Crippen molar-refractivity contribution in [2.75, 3.05) is 39.3 Å². The molecule has 2 aliphatic rings. The number of carbonyl (C=O) groups excluding carboxylic acids is 1. The Bertz CT molecular complexity index is 1300. The standard InChI is InChI=1S/C25H28N4O3S/c1-19-15-21-7-4-8-23(25(21)26-16-19)33(31,32)29-13-11-27(12-14-29)18-24(30)28-10-9-20-5-2-3-6-22(20)17-28/h2-8,15-16H,9-14,17-18H2,1H3. The summed E-state index contributed by atoms with van der Waals surface area (Å²) in [4.78, 5) is 21.5. The number of aryl methyl sites for hydroxylation is 1. The Morgan fingerprint density at radius 3 is 2.52 bits per heavy atom. The molecule has 0 saturated carbocycles. The summed E-state index contributed by atoms with van der Waals surface area (Å²) in [5.74, 6) is 0.106. The third-order valence-corrected chi connectivity index (χ3v) is 8.53. The van der Waals surface area contributed by atoms with Crippen molar-refractivity contribution in [2.24, 2.45) is 0 Å². The van der Waals surface area contributed by atoms with Crippen LogP contribution < -0.4 is 0 Å². The fourth-order valence-corrected chi connectivity index (χ4v) is 6.31. The lowest BCUT2D eigenvalue weighted by Gasteiger charge is -2.35. The van der Waals surface area contributed by atoms with Crippen LogP contribution in [0.25, 0.3) is 10.9 Å². The molecule has 7 nitrogen and oxygen atoms in total. The molecule has 1 amide bonds. The summed E-state index contributed by atoms with van der Waals surface area (Å²) in [6.07, 6.45) is 2.58. The molecule has 0 spiro atoms. The highest BCUT2D eigenvalue weighted by atomic mass is 32.2. The summed E-state index contributed by atoms with van der Waals surface area (Å²) in [6.45, 7) is 5.44. The first-order valence-electron chi connectivity index (χ1n) is 11.3. The Morgan fingerprint density at radius 2 is 1.73 bits per heavy atom. The number of amides is 1. The van der Waals surface area contributed by atoms with Crippen molar-refractivity contribution in [3.8, 4) is 0 Å². The Balaban J connectivity index is 1.23. The Morgan fingerprint density at radius 1 is 0.970 bits per heavy atom. The predicted molar refractivity (Wildman–Crippen MR) is 127 cm³/mol. The third kappa shape index (κ3) is 4.38. The Kier molecular flexibility index (Phi) is 5.90. The average Bonchev–Trinajstić information content (AvgIpc) is 2.83. The van der Waals surface area contributed by atoms with Crippen molar-refractivity contribution >= 4 is 26.8 Å². The number of hydrogen-bond donors (Lipinski definition) is 0. The van der Waals surface area contributed by atoms with Crippen LogP contribution >= 0.6 is 0 Å². The van der Waals surface area contributed by atoms with Crippen molar-refractivity contribution in [1.82, 2.24) is 19.1 Å². The minimum atomic E-state index is -3.66. The van der Waals surface area contributed by atoms with E-state index >= 15 is 0 Å². The molecule has 3 heterocycles. The third-order valence-electron chi connectivity index (χ3n) is 6.60. The lowest BCUT2D eigenvalue weighted by atomic mass is 10.00. The van der Waals surface area contributed by atoms with Crippen LogP contribution in [0.3, 0.4) is 0 Å². The predicted octanol–water partition coefficient (Wildman–Crippen LogP) is 2.43. The van der Waals surface area contributed by atoms with Crippen LogP contribution in [0.2, 0.25) is 0 Å². The summed E-state index contributed by atoms with van der Waals surface area (Å²) in [5.41, 5.74) is 4.03. The quantitative estimate of drug-likeness (QED) is 0.593. The molecule has 2 aliphatic heterocycles. The molecular weight excluding hydrogens is 436 g/mol. The minimum Gasteiger partial charge on any atom is -0.337 e. The van der Waals surface area contributed by atoms with Crippen LogP contribution in [0.5, 0.6) is 0 Å². The first-order chi connectivity index (χ1) is 15.9. The maximum absolute atomic E-state index is 13.4. The second kappa shape index (κ2) is 8.85. The molecule has 33 heavy (non-hydrogen) atoms. The van der Waals surface area contributed by atoms with Gasteiger partial charge in [0.25, 0.3) is 0 Å². The van der Waals surface area contributed by atoms with Gasteiger partial charge in [-0.1, -0.05) is 36.4 Å². The molecule has 1 aromatic heterocycles. The van der Waals surface area contributed by atoms with Gasteiger partial charge in [0, 0.05) is 50.9 Å². The number of rotatable bonds is 4. The molecule has 0 N–H and O–H groups in total. The summed E-state index contributed by atoms with van der Waals surface area (Å²) >= 11 is 0. The molecule has 0 radical (unpaired) electrons. The number of fused-ring (bicyclic) bond motifs is 2. The Hall–Kier alpha value is -2.81. The van der Waals surface area contributed by atoms with Crippen molar-refractivity contribution in [3.63, 3.8) is 0 Å². The van der Waals surface area contributed by atoms with Gasteiger partial charge in [0.15, 0.2) is 0 Å². The van der Waals surface area contributed by atoms with E-state index in [1.54, 1.807) is 18.3 Å². The molecular formula is C25H28N4O3S. The maximum atomic E-state index is 13.4. The van der Waals surface area contributed by atoms with E-state index in [0.29, 0.717) is 44.8 Å². The highest BCUT2D eigenvalue weighted by Gasteiger charge is 2.31. The first kappa shape index (κ1) is 22.0. The molecule has 172 valence electrons. The van der Waals surface area contributed by atoms with E-state index in [4.69, 9.17) is 0 Å². The smallest absolute Gasteiger partial charge is 0.245 e. The molecule has 0 aliphatic carbocycles. The van der Waals surface area contributed by atoms with Gasteiger partial charge >= 0.3 is 0 Å². The zero-order valence-corrected chi connectivity index (χ0v) is 19.6. The van der Waals surface area contributed by atoms with Gasteiger partial charge in [-0.05, 0) is 42.2 Å². The lowest BCUT2D eigenvalue weighted by Crippen LogP contribution is -2.51. The molecule has 1 fully saturated rings. The number of pyridine rings is 1. The van der Waals surface area contributed by atoms with Crippen molar-refractivity contribution in [1.29, 1.82) is 0 Å². The van der Waals surface area contributed by atoms with E-state index in [1.165, 1.54) is 15.4 Å². The fourth-order valence-electron chi connectivity index (χ4n) is 4.72. The summed E-state index contributed by atoms with van der Waals surface area (Å²) in [6, 6.07) is 15.5. The van der Waals surface area contributed by atoms with Crippen LogP contribution in [-0.2, 0) is 27.8 Å². The molecule has 3 aromatic rings. The Labute approximate surface area is 194 Å². The number of carbonyl (C=O) groups is 1. The number of piperazine rings is 1. The van der Waals surface area contributed by atoms with Gasteiger partial charge in [-0.25, -0.2) is 8.42 Å². The highest BCUT2D eigenvalue weighted by Crippen LogP contribution is 2.26. The summed E-state index contributed by atoms with van der Waals surface area (Å²) < 4.78 is 28.3. The van der Waals surface area contributed by atoms with Gasteiger partial charge in [-0.15, -0.1) is 0 Å². The largest absolute Gasteiger partial charge is 0.337 e. The number of benzene rings is 2. The molecule has 0 atom stereocenters. The summed E-state index contributed by atoms with van der Waals surface area (Å²) in [5, 5.41) is 0.823. The normalized spacial score (nSPS) is 17.8. The number of nitrogens with zero attached hydrogens (tertiary/aromatic N) is 4. The van der Waals surface area contributed by atoms with E-state index < -0.39 is 10.0 Å². The van der Waals surface area contributed by atoms with Gasteiger partial charge in [-0.3, -0.25) is 14.7 Å². The van der Waals surface area contributed by atoms with Gasteiger partial charge in [0.1, 0.15) is 4.90 Å². The van der Waals surface area contributed by atoms with Crippen LogP contribution in [0.15, 0.2) is 59.6 Å². The SMILES string of the molecule is Cc1cnc2c(S(=O)(=O)N3CCN(CC(=O)N4CCc5ccccc5C4)CC3)cccc2c1. The first-order valence-corrected chi connectivity index (χ1v) is 12.8. The van der Waals surface area contributed by atoms with Crippen LogP contribution in [0, 0.1) is 6.92 Å². The number of sulfonamides is 1. The second-order valence-electron chi connectivity index (χ2n) is 8.85. The zero-order valence-electron chi connectivity index (χ0n) is 18.8. The minimum absolute atomic E-state index is 0.106. The van der Waals surface area contributed by atoms with Crippen molar-refractivity contribution in [2.45, 2.75) is 24.8 Å². The zero-order chi connectivity index (χ0) is 23.0. The summed E-state index contributed by atoms with van der Waals surface area (Å²) in [7, 11) is -3.66. The maximum Gasteiger partial charge on any atom is 0.245 e. The van der Waals surface area contributed by atoms with Crippen molar-refractivity contribution in [3.05, 3.63) is 71.4 Å². The van der Waals surface area contributed by atoms with E-state index in [2.05, 4.69) is 22.0 Å². The topological polar surface area (TPSA) is 73.8 Å². The molecule has 2 aromatic carbocycles. The number of para-hydroxylation sites is 1. The van der Waals surface area contributed by atoms with E-state index in [1.807, 2.05) is 36.1 Å². The van der Waals surface area contributed by atoms with Crippen LogP contribution in [0.4, 0.5) is 0 Å². The monoisotopic (exact) mass is 464 g/mol. The van der Waals surface area contributed by atoms with E-state index in [-0.39, 0.29) is 10.8 Å². The highest BCUT2D eigenvalue weighted by molar-refractivity contribution is 7.89. The van der Waals surface area contributed by atoms with Crippen molar-refractivity contribution < 1.29 is 13.2 Å². The lowest BCUT2D eigenvalue weighted by molar-refractivity contribution is -0.133. The molecule has 0 unspecified atom stereocenters. The molecule has 8 heteroatoms. The second-order valence-corrected chi connectivity index (χ2v) is 10.8. The number of aromatic nitrogens is 1.